The van der Waals surface area contributed by atoms with E-state index in [-0.39, 0.29) is 55.2 Å². The average Bonchev–Trinajstić information content (AvgIpc) is 3.27. The summed E-state index contributed by atoms with van der Waals surface area (Å²) in [4.78, 5) is 40.1. The van der Waals surface area contributed by atoms with E-state index in [9.17, 15) is 28.3 Å². The Labute approximate surface area is 261 Å². The van der Waals surface area contributed by atoms with Crippen LogP contribution in [0.15, 0.2) is 36.4 Å². The number of carbonyl (C=O) groups is 3. The van der Waals surface area contributed by atoms with E-state index in [0.717, 1.165) is 10.5 Å². The van der Waals surface area contributed by atoms with Gasteiger partial charge >= 0.3 is 18.2 Å². The molecule has 0 bridgehead atoms. The van der Waals surface area contributed by atoms with E-state index in [1.807, 2.05) is 6.07 Å². The summed E-state index contributed by atoms with van der Waals surface area (Å²) in [5.74, 6) is -1.50. The van der Waals surface area contributed by atoms with Crippen molar-refractivity contribution in [3.05, 3.63) is 53.3 Å². The molecule has 10 nitrogen and oxygen atoms in total. The first kappa shape index (κ1) is 35.3. The molecule has 45 heavy (non-hydrogen) atoms. The Morgan fingerprint density at radius 1 is 1.07 bits per heavy atom. The maximum absolute atomic E-state index is 16.3. The lowest BCUT2D eigenvalue weighted by atomic mass is 10.1. The van der Waals surface area contributed by atoms with Crippen LogP contribution in [0, 0.1) is 5.82 Å². The lowest BCUT2D eigenvalue weighted by molar-refractivity contribution is -0.152. The Morgan fingerprint density at radius 3 is 2.29 bits per heavy atom. The fourth-order valence-electron chi connectivity index (χ4n) is 4.82. The minimum Gasteiger partial charge on any atom is -0.487 e. The number of carboxylic acid groups (broad SMARTS) is 1. The molecule has 3 rings (SSSR count). The summed E-state index contributed by atoms with van der Waals surface area (Å²) in [6.07, 6.45) is -5.43. The van der Waals surface area contributed by atoms with Crippen molar-refractivity contribution >= 4 is 29.5 Å². The molecular formula is C32H42F3N3O7. The molecule has 0 aliphatic carbocycles. The number of carbonyl (C=O) groups excluding carboxylic acids is 2. The molecule has 0 unspecified atom stereocenters. The highest BCUT2D eigenvalue weighted by Crippen LogP contribution is 2.43. The number of anilines is 2. The van der Waals surface area contributed by atoms with Crippen molar-refractivity contribution in [3.8, 4) is 5.75 Å². The summed E-state index contributed by atoms with van der Waals surface area (Å²) in [5.41, 5.74) is -1.02. The number of rotatable bonds is 12. The quantitative estimate of drug-likeness (QED) is 0.243. The topological polar surface area (TPSA) is 118 Å². The number of amides is 2. The van der Waals surface area contributed by atoms with Gasteiger partial charge in [0.1, 0.15) is 35.8 Å². The average molecular weight is 638 g/mol. The van der Waals surface area contributed by atoms with Gasteiger partial charge in [0.25, 0.3) is 0 Å². The molecule has 0 spiro atoms. The lowest BCUT2D eigenvalue weighted by Gasteiger charge is -2.31. The van der Waals surface area contributed by atoms with Crippen molar-refractivity contribution in [3.63, 3.8) is 0 Å². The minimum absolute atomic E-state index is 0.00704. The minimum atomic E-state index is -2.58. The van der Waals surface area contributed by atoms with Gasteiger partial charge in [0.05, 0.1) is 11.7 Å². The number of fused-ring (bicyclic) bond motifs is 1. The van der Waals surface area contributed by atoms with Gasteiger partial charge in [-0.25, -0.2) is 22.8 Å². The number of esters is 1. The van der Waals surface area contributed by atoms with Crippen LogP contribution in [-0.2, 0) is 27.3 Å². The zero-order chi connectivity index (χ0) is 33.5. The molecule has 1 aliphatic rings. The summed E-state index contributed by atoms with van der Waals surface area (Å²) in [6.45, 7) is 9.32. The molecule has 0 fully saturated rings. The molecule has 2 aromatic carbocycles. The van der Waals surface area contributed by atoms with Crippen LogP contribution in [0.3, 0.4) is 0 Å². The molecule has 1 heterocycles. The van der Waals surface area contributed by atoms with Crippen LogP contribution in [0.5, 0.6) is 5.75 Å². The number of benzene rings is 2. The van der Waals surface area contributed by atoms with Gasteiger partial charge in [-0.05, 0) is 53.5 Å². The van der Waals surface area contributed by atoms with Crippen molar-refractivity contribution in [1.82, 2.24) is 4.90 Å². The smallest absolute Gasteiger partial charge is 0.412 e. The van der Waals surface area contributed by atoms with E-state index >= 15 is 4.39 Å². The number of alkyl halides is 2. The second-order valence-corrected chi connectivity index (χ2v) is 12.7. The Morgan fingerprint density at radius 2 is 1.71 bits per heavy atom. The van der Waals surface area contributed by atoms with Crippen molar-refractivity contribution in [2.24, 2.45) is 0 Å². The molecule has 2 aromatic rings. The highest BCUT2D eigenvalue weighted by Gasteiger charge is 2.40. The number of hydrogen-bond acceptors (Lipinski definition) is 7. The predicted octanol–water partition coefficient (Wildman–Crippen LogP) is 6.85. The third kappa shape index (κ3) is 10.5. The molecule has 0 saturated carbocycles. The number of halogens is 3. The van der Waals surface area contributed by atoms with Gasteiger partial charge in [-0.1, -0.05) is 30.3 Å². The van der Waals surface area contributed by atoms with Crippen molar-refractivity contribution < 1.29 is 46.9 Å². The Balaban J connectivity index is 1.97. The predicted molar refractivity (Wildman–Crippen MR) is 163 cm³/mol. The molecule has 248 valence electrons. The molecule has 13 heteroatoms. The molecule has 2 amide bonds. The maximum atomic E-state index is 16.3. The summed E-state index contributed by atoms with van der Waals surface area (Å²) in [7, 11) is 0. The van der Waals surface area contributed by atoms with Gasteiger partial charge in [0.2, 0.25) is 6.43 Å². The molecule has 1 aliphatic heterocycles. The summed E-state index contributed by atoms with van der Waals surface area (Å²) < 4.78 is 58.8. The first-order chi connectivity index (χ1) is 20.9. The Hall–Kier alpha value is -4.16. The van der Waals surface area contributed by atoms with Gasteiger partial charge in [-0.3, -0.25) is 9.69 Å². The standard InChI is InChI=1S/C32H42F3N3O7/c1-31(2,3)44-26(39)17-36-28-24(43-19-20-11-8-7-9-12-20)16-23-22(27(28)35)15-21(38(23)29(40)41)18-37(14-10-13-25(33)34)30(42)45-32(4,5)6/h7-9,11-12,16,21,25,36H,10,13-15,17-19H2,1-6H3,(H,40,41)/t21-/m1/s1. The zero-order valence-corrected chi connectivity index (χ0v) is 26.5. The molecule has 0 saturated heterocycles. The SMILES string of the molecule is CC(C)(C)OC(=O)CNc1c(OCc2ccccc2)cc2c(c1F)C[C@H](CN(CCCC(F)F)C(=O)OC(C)(C)C)N2C(=O)O. The Bertz CT molecular complexity index is 1340. The number of hydrogen-bond donors (Lipinski definition) is 2. The van der Waals surface area contributed by atoms with Gasteiger partial charge < -0.3 is 29.5 Å². The van der Waals surface area contributed by atoms with Crippen molar-refractivity contribution in [2.45, 2.75) is 91.1 Å². The highest BCUT2D eigenvalue weighted by atomic mass is 19.3. The van der Waals surface area contributed by atoms with Gasteiger partial charge in [0, 0.05) is 37.6 Å². The van der Waals surface area contributed by atoms with Crippen LogP contribution >= 0.6 is 0 Å². The third-order valence-corrected chi connectivity index (χ3v) is 6.58. The van der Waals surface area contributed by atoms with E-state index in [1.165, 1.54) is 11.0 Å². The highest BCUT2D eigenvalue weighted by molar-refractivity contribution is 5.92. The number of nitrogens with one attached hydrogen (secondary N) is 1. The zero-order valence-electron chi connectivity index (χ0n) is 26.5. The normalized spacial score (nSPS) is 14.6. The largest absolute Gasteiger partial charge is 0.487 e. The van der Waals surface area contributed by atoms with Crippen LogP contribution < -0.4 is 15.0 Å². The second kappa shape index (κ2) is 14.7. The van der Waals surface area contributed by atoms with E-state index in [1.54, 1.807) is 65.8 Å². The van der Waals surface area contributed by atoms with E-state index in [0.29, 0.717) is 0 Å². The number of ether oxygens (including phenoxy) is 3. The molecule has 0 radical (unpaired) electrons. The monoisotopic (exact) mass is 637 g/mol. The summed E-state index contributed by atoms with van der Waals surface area (Å²) in [5, 5.41) is 13.0. The van der Waals surface area contributed by atoms with Crippen LogP contribution in [0.2, 0.25) is 0 Å². The van der Waals surface area contributed by atoms with Crippen LogP contribution in [0.1, 0.15) is 65.5 Å². The molecule has 2 N–H and O–H groups in total. The lowest BCUT2D eigenvalue weighted by Crippen LogP contribution is -2.48. The fourth-order valence-corrected chi connectivity index (χ4v) is 4.82. The summed E-state index contributed by atoms with van der Waals surface area (Å²) in [6, 6.07) is 9.45. The molecular weight excluding hydrogens is 595 g/mol. The van der Waals surface area contributed by atoms with Gasteiger partial charge in [-0.2, -0.15) is 0 Å². The first-order valence-corrected chi connectivity index (χ1v) is 14.7. The number of nitrogens with zero attached hydrogens (tertiary/aromatic N) is 2. The van der Waals surface area contributed by atoms with Gasteiger partial charge in [-0.15, -0.1) is 0 Å². The summed E-state index contributed by atoms with van der Waals surface area (Å²) >= 11 is 0. The van der Waals surface area contributed by atoms with Crippen molar-refractivity contribution in [2.75, 3.05) is 29.9 Å². The van der Waals surface area contributed by atoms with Crippen LogP contribution in [-0.4, -0.2) is 71.5 Å². The molecule has 1 atom stereocenters. The van der Waals surface area contributed by atoms with Crippen LogP contribution in [0.25, 0.3) is 0 Å². The van der Waals surface area contributed by atoms with E-state index in [2.05, 4.69) is 5.32 Å². The van der Waals surface area contributed by atoms with Crippen LogP contribution in [0.4, 0.5) is 34.1 Å². The first-order valence-electron chi connectivity index (χ1n) is 14.7. The van der Waals surface area contributed by atoms with E-state index < -0.39 is 60.6 Å². The van der Waals surface area contributed by atoms with Crippen molar-refractivity contribution in [1.29, 1.82) is 0 Å². The van der Waals surface area contributed by atoms with Gasteiger partial charge in [0.15, 0.2) is 5.82 Å². The second-order valence-electron chi connectivity index (χ2n) is 12.7. The Kier molecular flexibility index (Phi) is 11.6. The fraction of sp³-hybridized carbons (Fsp3) is 0.531. The van der Waals surface area contributed by atoms with E-state index in [4.69, 9.17) is 14.2 Å². The third-order valence-electron chi connectivity index (χ3n) is 6.58. The maximum Gasteiger partial charge on any atom is 0.412 e. The molecule has 0 aromatic heterocycles.